The second kappa shape index (κ2) is 3.68. The Bertz CT molecular complexity index is 284. The molecule has 1 saturated carbocycles. The van der Waals surface area contributed by atoms with Gasteiger partial charge >= 0.3 is 0 Å². The second-order valence-electron chi connectivity index (χ2n) is 3.53. The van der Waals surface area contributed by atoms with Crippen molar-refractivity contribution in [3.05, 3.63) is 17.4 Å². The molecule has 0 spiro atoms. The van der Waals surface area contributed by atoms with Gasteiger partial charge in [0.15, 0.2) is 0 Å². The number of aromatic nitrogens is 2. The predicted molar refractivity (Wildman–Crippen MR) is 53.0 cm³/mol. The molecule has 0 aliphatic heterocycles. The monoisotopic (exact) mass is 199 g/mol. The standard InChI is InChI=1S/C9H14ClN3/c1-11-8-3-2-4-9(8)13-6-7(10)5-12-13/h5-6,8-9,11H,2-4H2,1H3. The maximum atomic E-state index is 5.83. The third kappa shape index (κ3) is 1.71. The van der Waals surface area contributed by atoms with Crippen LogP contribution in [0.1, 0.15) is 25.3 Å². The molecule has 1 heterocycles. The van der Waals surface area contributed by atoms with Crippen LogP contribution in [0, 0.1) is 0 Å². The van der Waals surface area contributed by atoms with Crippen LogP contribution in [0.5, 0.6) is 0 Å². The van der Waals surface area contributed by atoms with Gasteiger partial charge in [0.25, 0.3) is 0 Å². The normalized spacial score (nSPS) is 28.2. The third-order valence-corrected chi connectivity index (χ3v) is 2.96. The summed E-state index contributed by atoms with van der Waals surface area (Å²) in [5.41, 5.74) is 0. The Morgan fingerprint density at radius 3 is 3.08 bits per heavy atom. The van der Waals surface area contributed by atoms with Crippen LogP contribution in [0.25, 0.3) is 0 Å². The Morgan fingerprint density at radius 1 is 1.62 bits per heavy atom. The molecule has 0 bridgehead atoms. The van der Waals surface area contributed by atoms with Crippen molar-refractivity contribution in [2.24, 2.45) is 0 Å². The summed E-state index contributed by atoms with van der Waals surface area (Å²) in [5, 5.41) is 8.28. The second-order valence-corrected chi connectivity index (χ2v) is 3.97. The van der Waals surface area contributed by atoms with Crippen LogP contribution >= 0.6 is 11.6 Å². The molecule has 13 heavy (non-hydrogen) atoms. The first-order chi connectivity index (χ1) is 6.31. The van der Waals surface area contributed by atoms with Gasteiger partial charge in [-0.2, -0.15) is 5.10 Å². The number of hydrogen-bond donors (Lipinski definition) is 1. The average molecular weight is 200 g/mol. The van der Waals surface area contributed by atoms with Crippen LogP contribution in [0.3, 0.4) is 0 Å². The fourth-order valence-corrected chi connectivity index (χ4v) is 2.23. The zero-order valence-corrected chi connectivity index (χ0v) is 8.46. The van der Waals surface area contributed by atoms with Gasteiger partial charge in [-0.05, 0) is 26.3 Å². The van der Waals surface area contributed by atoms with Gasteiger partial charge in [-0.25, -0.2) is 0 Å². The summed E-state index contributed by atoms with van der Waals surface area (Å²) in [6.45, 7) is 0. The number of halogens is 1. The zero-order valence-electron chi connectivity index (χ0n) is 7.70. The maximum Gasteiger partial charge on any atom is 0.0785 e. The van der Waals surface area contributed by atoms with E-state index in [9.17, 15) is 0 Å². The van der Waals surface area contributed by atoms with Crippen LogP contribution in [-0.2, 0) is 0 Å². The van der Waals surface area contributed by atoms with Crippen molar-refractivity contribution in [2.75, 3.05) is 7.05 Å². The van der Waals surface area contributed by atoms with E-state index in [2.05, 4.69) is 10.4 Å². The highest BCUT2D eigenvalue weighted by atomic mass is 35.5. The van der Waals surface area contributed by atoms with Crippen molar-refractivity contribution in [3.8, 4) is 0 Å². The fraction of sp³-hybridized carbons (Fsp3) is 0.667. The van der Waals surface area contributed by atoms with Gasteiger partial charge in [0.2, 0.25) is 0 Å². The molecule has 4 heteroatoms. The molecule has 1 fully saturated rings. The summed E-state index contributed by atoms with van der Waals surface area (Å²) in [4.78, 5) is 0. The van der Waals surface area contributed by atoms with Crippen LogP contribution in [0.15, 0.2) is 12.4 Å². The summed E-state index contributed by atoms with van der Waals surface area (Å²) in [7, 11) is 2.01. The van der Waals surface area contributed by atoms with Gasteiger partial charge in [0.05, 0.1) is 17.3 Å². The predicted octanol–water partition coefficient (Wildman–Crippen LogP) is 1.85. The molecule has 72 valence electrons. The first kappa shape index (κ1) is 9.03. The molecule has 1 aromatic rings. The lowest BCUT2D eigenvalue weighted by Gasteiger charge is -2.18. The molecule has 1 N–H and O–H groups in total. The minimum atomic E-state index is 0.484. The maximum absolute atomic E-state index is 5.83. The first-order valence-corrected chi connectivity index (χ1v) is 5.06. The van der Waals surface area contributed by atoms with Crippen molar-refractivity contribution in [1.82, 2.24) is 15.1 Å². The first-order valence-electron chi connectivity index (χ1n) is 4.68. The molecule has 0 aromatic carbocycles. The van der Waals surface area contributed by atoms with Crippen molar-refractivity contribution in [1.29, 1.82) is 0 Å². The van der Waals surface area contributed by atoms with E-state index in [0.29, 0.717) is 12.1 Å². The number of rotatable bonds is 2. The van der Waals surface area contributed by atoms with E-state index in [1.807, 2.05) is 17.9 Å². The molecule has 2 unspecified atom stereocenters. The molecule has 3 nitrogen and oxygen atoms in total. The van der Waals surface area contributed by atoms with Crippen molar-refractivity contribution in [3.63, 3.8) is 0 Å². The summed E-state index contributed by atoms with van der Waals surface area (Å²) in [5.74, 6) is 0. The van der Waals surface area contributed by atoms with Crippen LogP contribution in [-0.4, -0.2) is 22.9 Å². The molecule has 0 amide bonds. The molecule has 1 aromatic heterocycles. The molecule has 1 aliphatic rings. The topological polar surface area (TPSA) is 29.9 Å². The number of nitrogens with zero attached hydrogens (tertiary/aromatic N) is 2. The molecule has 0 radical (unpaired) electrons. The van der Waals surface area contributed by atoms with E-state index in [1.165, 1.54) is 19.3 Å². The van der Waals surface area contributed by atoms with Crippen LogP contribution < -0.4 is 5.32 Å². The zero-order chi connectivity index (χ0) is 9.26. The van der Waals surface area contributed by atoms with E-state index in [4.69, 9.17) is 11.6 Å². The van der Waals surface area contributed by atoms with Crippen LogP contribution in [0.4, 0.5) is 0 Å². The summed E-state index contributed by atoms with van der Waals surface area (Å²) in [6, 6.07) is 1.04. The molecule has 2 rings (SSSR count). The number of likely N-dealkylation sites (N-methyl/N-ethyl adjacent to an activating group) is 1. The Morgan fingerprint density at radius 2 is 2.46 bits per heavy atom. The molecular formula is C9H14ClN3. The van der Waals surface area contributed by atoms with Gasteiger partial charge in [-0.1, -0.05) is 11.6 Å². The Balaban J connectivity index is 2.15. The highest BCUT2D eigenvalue weighted by Crippen LogP contribution is 2.29. The lowest BCUT2D eigenvalue weighted by molar-refractivity contribution is 0.383. The van der Waals surface area contributed by atoms with Gasteiger partial charge in [-0.3, -0.25) is 4.68 Å². The summed E-state index contributed by atoms with van der Waals surface area (Å²) >= 11 is 5.83. The van der Waals surface area contributed by atoms with Gasteiger partial charge < -0.3 is 5.32 Å². The van der Waals surface area contributed by atoms with E-state index in [0.717, 1.165) is 5.02 Å². The fourth-order valence-electron chi connectivity index (χ4n) is 2.09. The van der Waals surface area contributed by atoms with E-state index in [-0.39, 0.29) is 0 Å². The largest absolute Gasteiger partial charge is 0.315 e. The van der Waals surface area contributed by atoms with Crippen molar-refractivity contribution in [2.45, 2.75) is 31.3 Å². The van der Waals surface area contributed by atoms with Gasteiger partial charge in [-0.15, -0.1) is 0 Å². The minimum absolute atomic E-state index is 0.484. The quantitative estimate of drug-likeness (QED) is 0.788. The molecular weight excluding hydrogens is 186 g/mol. The Kier molecular flexibility index (Phi) is 2.56. The lowest BCUT2D eigenvalue weighted by atomic mass is 10.2. The van der Waals surface area contributed by atoms with Crippen molar-refractivity contribution < 1.29 is 0 Å². The molecule has 2 atom stereocenters. The highest BCUT2D eigenvalue weighted by molar-refractivity contribution is 6.30. The smallest absolute Gasteiger partial charge is 0.0785 e. The van der Waals surface area contributed by atoms with E-state index >= 15 is 0 Å². The summed E-state index contributed by atoms with van der Waals surface area (Å²) < 4.78 is 1.98. The molecule has 1 aliphatic carbocycles. The van der Waals surface area contributed by atoms with Gasteiger partial charge in [0, 0.05) is 12.2 Å². The van der Waals surface area contributed by atoms with Gasteiger partial charge in [0.1, 0.15) is 0 Å². The van der Waals surface area contributed by atoms with Crippen LogP contribution in [0.2, 0.25) is 5.02 Å². The summed E-state index contributed by atoms with van der Waals surface area (Å²) in [6.07, 6.45) is 7.31. The SMILES string of the molecule is CNC1CCCC1n1cc(Cl)cn1. The molecule has 0 saturated heterocycles. The van der Waals surface area contributed by atoms with E-state index in [1.54, 1.807) is 6.20 Å². The average Bonchev–Trinajstić information content (AvgIpc) is 2.71. The Labute approximate surface area is 83.1 Å². The Hall–Kier alpha value is -0.540. The third-order valence-electron chi connectivity index (χ3n) is 2.76. The minimum Gasteiger partial charge on any atom is -0.315 e. The number of nitrogens with one attached hydrogen (secondary N) is 1. The van der Waals surface area contributed by atoms with Crippen molar-refractivity contribution >= 4 is 11.6 Å². The number of hydrogen-bond acceptors (Lipinski definition) is 2. The van der Waals surface area contributed by atoms with E-state index < -0.39 is 0 Å². The lowest BCUT2D eigenvalue weighted by Crippen LogP contribution is -2.31. The highest BCUT2D eigenvalue weighted by Gasteiger charge is 2.27.